The Morgan fingerprint density at radius 3 is 2.42 bits per heavy atom. The molecule has 0 amide bonds. The third-order valence-corrected chi connectivity index (χ3v) is 1.32. The summed E-state index contributed by atoms with van der Waals surface area (Å²) in [6.07, 6.45) is 4.53. The van der Waals surface area contributed by atoms with Gasteiger partial charge in [0, 0.05) is 51.2 Å². The molecule has 0 fully saturated rings. The van der Waals surface area contributed by atoms with Gasteiger partial charge in [-0.1, -0.05) is 5.92 Å². The van der Waals surface area contributed by atoms with E-state index in [1.54, 1.807) is 0 Å². The van der Waals surface area contributed by atoms with E-state index < -0.39 is 12.2 Å². The number of aliphatic hydroxyl groups is 2. The van der Waals surface area contributed by atoms with E-state index in [2.05, 4.69) is 10.7 Å². The summed E-state index contributed by atoms with van der Waals surface area (Å²) in [6, 6.07) is 0. The Balaban J connectivity index is 0. The van der Waals surface area contributed by atoms with Crippen molar-refractivity contribution in [3.8, 4) is 12.3 Å². The molecule has 3 nitrogen and oxygen atoms in total. The first-order valence-corrected chi connectivity index (χ1v) is 3.52. The van der Waals surface area contributed by atoms with Gasteiger partial charge in [-0.15, -0.1) is 6.42 Å². The zero-order valence-corrected chi connectivity index (χ0v) is 12.0. The fourth-order valence-corrected chi connectivity index (χ4v) is 0.709. The molecule has 0 aliphatic rings. The second kappa shape index (κ2) is 9.97. The SMILES string of the molecule is C#C[C@H](O)CC[C@H](O)COC.[Ac]. The van der Waals surface area contributed by atoms with Crippen LogP contribution in [0.4, 0.5) is 0 Å². The number of terminal acetylenes is 1. The summed E-state index contributed by atoms with van der Waals surface area (Å²) in [5, 5.41) is 18.0. The third-order valence-electron chi connectivity index (χ3n) is 1.32. The van der Waals surface area contributed by atoms with E-state index >= 15 is 0 Å². The number of methoxy groups -OCH3 is 1. The zero-order chi connectivity index (χ0) is 8.69. The van der Waals surface area contributed by atoms with Gasteiger partial charge in [0.05, 0.1) is 12.7 Å². The summed E-state index contributed by atoms with van der Waals surface area (Å²) in [7, 11) is 1.51. The van der Waals surface area contributed by atoms with E-state index in [0.29, 0.717) is 12.8 Å². The summed E-state index contributed by atoms with van der Waals surface area (Å²) >= 11 is 0. The van der Waals surface area contributed by atoms with Gasteiger partial charge in [0.1, 0.15) is 6.10 Å². The van der Waals surface area contributed by atoms with Gasteiger partial charge in [-0.05, 0) is 12.8 Å². The summed E-state index contributed by atoms with van der Waals surface area (Å²) < 4.78 is 4.69. The van der Waals surface area contributed by atoms with Crippen LogP contribution in [0.3, 0.4) is 0 Å². The Hall–Kier alpha value is 0.882. The van der Waals surface area contributed by atoms with Gasteiger partial charge in [-0.2, -0.15) is 0 Å². The average Bonchev–Trinajstić information content (AvgIpc) is 2.01. The van der Waals surface area contributed by atoms with Gasteiger partial charge in [-0.25, -0.2) is 0 Å². The van der Waals surface area contributed by atoms with Crippen molar-refractivity contribution >= 4 is 0 Å². The van der Waals surface area contributed by atoms with Crippen molar-refractivity contribution in [2.24, 2.45) is 0 Å². The van der Waals surface area contributed by atoms with Crippen LogP contribution in [-0.2, 0) is 4.74 Å². The molecule has 0 unspecified atom stereocenters. The molecule has 0 aliphatic heterocycles. The molecule has 0 rings (SSSR count). The third kappa shape index (κ3) is 8.97. The first-order valence-electron chi connectivity index (χ1n) is 3.52. The van der Waals surface area contributed by atoms with Crippen molar-refractivity contribution in [3.63, 3.8) is 0 Å². The van der Waals surface area contributed by atoms with Crippen LogP contribution in [-0.4, -0.2) is 36.1 Å². The first kappa shape index (κ1) is 15.4. The van der Waals surface area contributed by atoms with Crippen LogP contribution in [0.25, 0.3) is 0 Å². The number of hydrogen-bond acceptors (Lipinski definition) is 3. The van der Waals surface area contributed by atoms with Crippen LogP contribution in [0.5, 0.6) is 0 Å². The number of aliphatic hydroxyl groups excluding tert-OH is 2. The molecule has 0 aromatic carbocycles. The molecule has 2 atom stereocenters. The first-order chi connectivity index (χ1) is 5.20. The molecule has 0 aliphatic carbocycles. The van der Waals surface area contributed by atoms with Crippen molar-refractivity contribution in [3.05, 3.63) is 0 Å². The second-order valence-electron chi connectivity index (χ2n) is 2.37. The fraction of sp³-hybridized carbons (Fsp3) is 0.750. The van der Waals surface area contributed by atoms with E-state index in [9.17, 15) is 0 Å². The van der Waals surface area contributed by atoms with Gasteiger partial charge < -0.3 is 14.9 Å². The summed E-state index contributed by atoms with van der Waals surface area (Å²) in [6.45, 7) is 0.289. The molecule has 2 N–H and O–H groups in total. The van der Waals surface area contributed by atoms with Crippen molar-refractivity contribution in [2.45, 2.75) is 25.0 Å². The van der Waals surface area contributed by atoms with E-state index in [1.807, 2.05) is 0 Å². The van der Waals surface area contributed by atoms with E-state index in [1.165, 1.54) is 7.11 Å². The Labute approximate surface area is 109 Å². The minimum absolute atomic E-state index is 0. The monoisotopic (exact) mass is 385 g/mol. The minimum Gasteiger partial charge on any atom is -0.391 e. The van der Waals surface area contributed by atoms with E-state index in [4.69, 9.17) is 16.6 Å². The number of hydrogen-bond donors (Lipinski definition) is 2. The molecule has 0 saturated heterocycles. The Morgan fingerprint density at radius 1 is 1.42 bits per heavy atom. The predicted molar refractivity (Wildman–Crippen MR) is 42.0 cm³/mol. The van der Waals surface area contributed by atoms with Crippen molar-refractivity contribution in [1.29, 1.82) is 0 Å². The molecule has 12 heavy (non-hydrogen) atoms. The molecule has 0 saturated carbocycles. The largest absolute Gasteiger partial charge is 0.391 e. The topological polar surface area (TPSA) is 49.7 Å². The van der Waals surface area contributed by atoms with Gasteiger partial charge in [-0.3, -0.25) is 0 Å². The standard InChI is InChI=1S/C8H14O3.Ac/c1-3-7(9)4-5-8(10)6-11-2;/h1,7-10H,4-6H2,2H3;/t7-,8-;/m0./s1. The maximum Gasteiger partial charge on any atom is 0.114 e. The molecule has 0 aromatic heterocycles. The summed E-state index contributed by atoms with van der Waals surface area (Å²) in [5.74, 6) is 2.17. The van der Waals surface area contributed by atoms with Crippen LogP contribution < -0.4 is 0 Å². The quantitative estimate of drug-likeness (QED) is 0.643. The summed E-state index contributed by atoms with van der Waals surface area (Å²) in [5.41, 5.74) is 0. The second-order valence-corrected chi connectivity index (χ2v) is 2.37. The molecule has 0 bridgehead atoms. The molecular weight excluding hydrogens is 371 g/mol. The molecule has 0 heterocycles. The molecular formula is C8H14AcO3. The predicted octanol–water partition coefficient (Wildman–Crippen LogP) is -0.232. The van der Waals surface area contributed by atoms with Crippen LogP contribution in [0, 0.1) is 56.4 Å². The van der Waals surface area contributed by atoms with Gasteiger partial charge in [0.25, 0.3) is 0 Å². The molecule has 1 radical (unpaired) electrons. The smallest absolute Gasteiger partial charge is 0.114 e. The number of ether oxygens (including phenoxy) is 1. The van der Waals surface area contributed by atoms with Crippen LogP contribution in [0.2, 0.25) is 0 Å². The molecule has 0 aromatic rings. The molecule has 0 spiro atoms. The van der Waals surface area contributed by atoms with Crippen LogP contribution >= 0.6 is 0 Å². The average molecular weight is 385 g/mol. The fourth-order valence-electron chi connectivity index (χ4n) is 0.709. The Bertz CT molecular complexity index is 133. The maximum atomic E-state index is 9.09. The van der Waals surface area contributed by atoms with Gasteiger partial charge >= 0.3 is 0 Å². The van der Waals surface area contributed by atoms with Crippen molar-refractivity contribution in [1.82, 2.24) is 0 Å². The van der Waals surface area contributed by atoms with Crippen molar-refractivity contribution < 1.29 is 59.0 Å². The van der Waals surface area contributed by atoms with Crippen molar-refractivity contribution in [2.75, 3.05) is 13.7 Å². The number of rotatable bonds is 5. The van der Waals surface area contributed by atoms with Gasteiger partial charge in [0.15, 0.2) is 0 Å². The zero-order valence-electron chi connectivity index (χ0n) is 7.23. The Kier molecular flexibility index (Phi) is 12.8. The van der Waals surface area contributed by atoms with E-state index in [-0.39, 0.29) is 50.7 Å². The maximum absolute atomic E-state index is 9.09. The Morgan fingerprint density at radius 2 is 2.00 bits per heavy atom. The molecule has 67 valence electrons. The van der Waals surface area contributed by atoms with E-state index in [0.717, 1.165) is 0 Å². The van der Waals surface area contributed by atoms with Crippen LogP contribution in [0.15, 0.2) is 0 Å². The molecule has 4 heteroatoms. The normalized spacial score (nSPS) is 14.2. The van der Waals surface area contributed by atoms with Gasteiger partial charge in [0.2, 0.25) is 0 Å². The minimum atomic E-state index is -0.749. The van der Waals surface area contributed by atoms with Crippen LogP contribution in [0.1, 0.15) is 12.8 Å². The summed E-state index contributed by atoms with van der Waals surface area (Å²) in [4.78, 5) is 0.